The Morgan fingerprint density at radius 2 is 1.50 bits per heavy atom. The minimum atomic E-state index is -0.0133. The highest BCUT2D eigenvalue weighted by molar-refractivity contribution is 6.16. The van der Waals surface area contributed by atoms with Gasteiger partial charge in [0.2, 0.25) is 0 Å². The minimum absolute atomic E-state index is 0.0133. The number of nitrogens with zero attached hydrogens (tertiary/aromatic N) is 1. The molecule has 0 aliphatic carbocycles. The third kappa shape index (κ3) is 1.26. The molecule has 0 atom stereocenters. The third-order valence-electron chi connectivity index (χ3n) is 3.08. The monoisotopic (exact) mass is 238 g/mol. The van der Waals surface area contributed by atoms with E-state index in [0.717, 1.165) is 0 Å². The maximum absolute atomic E-state index is 10.2. The van der Waals surface area contributed by atoms with Crippen LogP contribution in [0.5, 0.6) is 11.5 Å². The molecule has 0 saturated carbocycles. The predicted octanol–water partition coefficient (Wildman–Crippen LogP) is 4.07. The standard InChI is InChI=1S/C14H10N2O2/c15-16-13-8-4-1-2-5-9(8)14(18)12-10(13)6-3-7-11(12)17/h1-7,15,17-18H. The van der Waals surface area contributed by atoms with Gasteiger partial charge >= 0.3 is 0 Å². The van der Waals surface area contributed by atoms with E-state index < -0.39 is 0 Å². The number of phenolic OH excluding ortho intramolecular Hbond substituents is 2. The summed E-state index contributed by atoms with van der Waals surface area (Å²) in [5.74, 6) is 0.00625. The number of hydrogen-bond acceptors (Lipinski definition) is 4. The van der Waals surface area contributed by atoms with Gasteiger partial charge in [-0.3, -0.25) is 0 Å². The molecule has 0 fully saturated rings. The van der Waals surface area contributed by atoms with Crippen molar-refractivity contribution in [2.45, 2.75) is 0 Å². The van der Waals surface area contributed by atoms with Crippen molar-refractivity contribution in [1.29, 1.82) is 5.53 Å². The van der Waals surface area contributed by atoms with Crippen LogP contribution in [0.4, 0.5) is 5.69 Å². The van der Waals surface area contributed by atoms with Crippen LogP contribution in [0, 0.1) is 5.53 Å². The first-order chi connectivity index (χ1) is 8.74. The number of fused-ring (bicyclic) bond motifs is 2. The average molecular weight is 238 g/mol. The fourth-order valence-electron chi connectivity index (χ4n) is 2.28. The highest BCUT2D eigenvalue weighted by Gasteiger charge is 2.15. The molecule has 18 heavy (non-hydrogen) atoms. The fourth-order valence-corrected chi connectivity index (χ4v) is 2.28. The number of hydrogen-bond donors (Lipinski definition) is 3. The van der Waals surface area contributed by atoms with Crippen molar-refractivity contribution in [3.05, 3.63) is 42.5 Å². The van der Waals surface area contributed by atoms with Gasteiger partial charge in [0.25, 0.3) is 0 Å². The maximum Gasteiger partial charge on any atom is 0.135 e. The van der Waals surface area contributed by atoms with Gasteiger partial charge in [-0.1, -0.05) is 36.4 Å². The highest BCUT2D eigenvalue weighted by atomic mass is 16.3. The van der Waals surface area contributed by atoms with Gasteiger partial charge in [0.05, 0.1) is 5.39 Å². The van der Waals surface area contributed by atoms with Gasteiger partial charge in [-0.2, -0.15) is 5.11 Å². The van der Waals surface area contributed by atoms with E-state index in [1.54, 1.807) is 30.3 Å². The van der Waals surface area contributed by atoms with Gasteiger partial charge in [-0.05, 0) is 6.07 Å². The predicted molar refractivity (Wildman–Crippen MR) is 69.6 cm³/mol. The summed E-state index contributed by atoms with van der Waals surface area (Å²) in [7, 11) is 0. The Labute approximate surface area is 103 Å². The molecular weight excluding hydrogens is 228 g/mol. The lowest BCUT2D eigenvalue weighted by Crippen LogP contribution is -1.81. The lowest BCUT2D eigenvalue weighted by Gasteiger charge is -2.10. The van der Waals surface area contributed by atoms with Gasteiger partial charge < -0.3 is 10.2 Å². The van der Waals surface area contributed by atoms with Crippen molar-refractivity contribution < 1.29 is 10.2 Å². The van der Waals surface area contributed by atoms with E-state index in [4.69, 9.17) is 5.53 Å². The smallest absolute Gasteiger partial charge is 0.135 e. The number of nitrogens with one attached hydrogen (secondary N) is 1. The second kappa shape index (κ2) is 3.70. The number of benzene rings is 3. The zero-order chi connectivity index (χ0) is 12.7. The average Bonchev–Trinajstić information content (AvgIpc) is 2.39. The van der Waals surface area contributed by atoms with Crippen molar-refractivity contribution in [2.24, 2.45) is 5.11 Å². The fraction of sp³-hybridized carbons (Fsp3) is 0. The Morgan fingerprint density at radius 3 is 2.22 bits per heavy atom. The second-order valence-corrected chi connectivity index (χ2v) is 4.05. The summed E-state index contributed by atoms with van der Waals surface area (Å²) in [6, 6.07) is 12.1. The lowest BCUT2D eigenvalue weighted by atomic mass is 9.99. The molecule has 0 aliphatic heterocycles. The zero-order valence-corrected chi connectivity index (χ0v) is 9.38. The zero-order valence-electron chi connectivity index (χ0n) is 9.38. The Hall–Kier alpha value is -2.62. The molecule has 0 unspecified atom stereocenters. The molecule has 0 amide bonds. The van der Waals surface area contributed by atoms with Crippen molar-refractivity contribution >= 4 is 27.2 Å². The van der Waals surface area contributed by atoms with Crippen LogP contribution in [-0.2, 0) is 0 Å². The summed E-state index contributed by atoms with van der Waals surface area (Å²) in [4.78, 5) is 0. The van der Waals surface area contributed by atoms with E-state index in [-0.39, 0.29) is 11.5 Å². The SMILES string of the molecule is N=Nc1c2ccccc2c(O)c2c(O)cccc12. The van der Waals surface area contributed by atoms with Crippen LogP contribution < -0.4 is 0 Å². The van der Waals surface area contributed by atoms with Crippen LogP contribution in [0.15, 0.2) is 47.6 Å². The van der Waals surface area contributed by atoms with Crippen LogP contribution in [-0.4, -0.2) is 10.2 Å². The van der Waals surface area contributed by atoms with Crippen LogP contribution in [0.25, 0.3) is 21.5 Å². The van der Waals surface area contributed by atoms with Gasteiger partial charge in [-0.15, -0.1) is 0 Å². The van der Waals surface area contributed by atoms with E-state index in [9.17, 15) is 10.2 Å². The molecule has 4 heteroatoms. The quantitative estimate of drug-likeness (QED) is 0.441. The molecule has 0 heterocycles. The summed E-state index contributed by atoms with van der Waals surface area (Å²) in [5, 5.41) is 25.8. The van der Waals surface area contributed by atoms with Crippen LogP contribution in [0.3, 0.4) is 0 Å². The van der Waals surface area contributed by atoms with Gasteiger partial charge in [-0.25, -0.2) is 5.53 Å². The number of rotatable bonds is 1. The molecular formula is C14H10N2O2. The molecule has 0 aromatic heterocycles. The molecule has 88 valence electrons. The van der Waals surface area contributed by atoms with E-state index >= 15 is 0 Å². The van der Waals surface area contributed by atoms with E-state index in [1.807, 2.05) is 6.07 Å². The van der Waals surface area contributed by atoms with Gasteiger partial charge in [0.1, 0.15) is 17.2 Å². The van der Waals surface area contributed by atoms with Gasteiger partial charge in [0.15, 0.2) is 0 Å². The highest BCUT2D eigenvalue weighted by Crippen LogP contribution is 2.44. The van der Waals surface area contributed by atoms with Crippen molar-refractivity contribution in [1.82, 2.24) is 0 Å². The molecule has 3 aromatic rings. The molecule has 0 spiro atoms. The van der Waals surface area contributed by atoms with Crippen LogP contribution in [0.1, 0.15) is 0 Å². The second-order valence-electron chi connectivity index (χ2n) is 4.05. The summed E-state index contributed by atoms with van der Waals surface area (Å²) in [6.07, 6.45) is 0. The first-order valence-electron chi connectivity index (χ1n) is 5.47. The Bertz CT molecular complexity index is 781. The Morgan fingerprint density at radius 1 is 0.833 bits per heavy atom. The summed E-state index contributed by atoms with van der Waals surface area (Å²) < 4.78 is 0. The summed E-state index contributed by atoms with van der Waals surface area (Å²) in [6.45, 7) is 0. The molecule has 3 rings (SSSR count). The Kier molecular flexibility index (Phi) is 2.16. The third-order valence-corrected chi connectivity index (χ3v) is 3.08. The van der Waals surface area contributed by atoms with E-state index in [1.165, 1.54) is 6.07 Å². The normalized spacial score (nSPS) is 10.9. The van der Waals surface area contributed by atoms with Gasteiger partial charge in [0, 0.05) is 16.2 Å². The largest absolute Gasteiger partial charge is 0.507 e. The van der Waals surface area contributed by atoms with Crippen molar-refractivity contribution in [2.75, 3.05) is 0 Å². The van der Waals surface area contributed by atoms with E-state index in [2.05, 4.69) is 5.11 Å². The molecule has 0 bridgehead atoms. The summed E-state index contributed by atoms with van der Waals surface area (Å²) >= 11 is 0. The molecule has 3 aromatic carbocycles. The topological polar surface area (TPSA) is 76.7 Å². The minimum Gasteiger partial charge on any atom is -0.507 e. The first kappa shape index (κ1) is 10.5. The molecule has 0 saturated heterocycles. The molecule has 3 N–H and O–H groups in total. The lowest BCUT2D eigenvalue weighted by molar-refractivity contribution is 0.467. The molecule has 0 aliphatic rings. The molecule has 0 radical (unpaired) electrons. The first-order valence-corrected chi connectivity index (χ1v) is 5.47. The summed E-state index contributed by atoms with van der Waals surface area (Å²) in [5.41, 5.74) is 7.76. The van der Waals surface area contributed by atoms with Crippen molar-refractivity contribution in [3.8, 4) is 11.5 Å². The molecule has 4 nitrogen and oxygen atoms in total. The number of aromatic hydroxyl groups is 2. The maximum atomic E-state index is 10.2. The van der Waals surface area contributed by atoms with Crippen molar-refractivity contribution in [3.63, 3.8) is 0 Å². The van der Waals surface area contributed by atoms with E-state index in [0.29, 0.717) is 27.2 Å². The van der Waals surface area contributed by atoms with Crippen LogP contribution >= 0.6 is 0 Å². The Balaban J connectivity index is 2.70. The van der Waals surface area contributed by atoms with Crippen LogP contribution in [0.2, 0.25) is 0 Å². The number of phenols is 2.